The number of hydrogen-bond acceptors (Lipinski definition) is 1. The van der Waals surface area contributed by atoms with Crippen LogP contribution in [0.25, 0.3) is 0 Å². The standard InChI is InChI=1S/C13H9Cl3S/c14-8-9-1-6-13(12(16)7-9)17-11-4-2-10(15)3-5-11/h1-7H,8H2. The smallest absolute Gasteiger partial charge is 0.0548 e. The van der Waals surface area contributed by atoms with Gasteiger partial charge >= 0.3 is 0 Å². The van der Waals surface area contributed by atoms with Gasteiger partial charge < -0.3 is 0 Å². The molecule has 2 aromatic carbocycles. The van der Waals surface area contributed by atoms with Crippen molar-refractivity contribution in [2.24, 2.45) is 0 Å². The van der Waals surface area contributed by atoms with Crippen molar-refractivity contribution in [3.8, 4) is 0 Å². The van der Waals surface area contributed by atoms with Gasteiger partial charge in [-0.1, -0.05) is 41.0 Å². The lowest BCUT2D eigenvalue weighted by Crippen LogP contribution is -1.80. The normalized spacial score (nSPS) is 10.5. The van der Waals surface area contributed by atoms with E-state index in [2.05, 4.69) is 0 Å². The van der Waals surface area contributed by atoms with Gasteiger partial charge in [-0.3, -0.25) is 0 Å². The summed E-state index contributed by atoms with van der Waals surface area (Å²) in [5, 5.41) is 1.46. The van der Waals surface area contributed by atoms with Crippen molar-refractivity contribution >= 4 is 46.6 Å². The molecule has 0 aliphatic carbocycles. The van der Waals surface area contributed by atoms with E-state index in [0.29, 0.717) is 5.88 Å². The van der Waals surface area contributed by atoms with E-state index in [-0.39, 0.29) is 0 Å². The zero-order valence-corrected chi connectivity index (χ0v) is 11.9. The molecule has 0 fully saturated rings. The van der Waals surface area contributed by atoms with Crippen LogP contribution in [0.1, 0.15) is 5.56 Å². The summed E-state index contributed by atoms with van der Waals surface area (Å²) in [4.78, 5) is 2.12. The summed E-state index contributed by atoms with van der Waals surface area (Å²) in [5.41, 5.74) is 1.03. The Kier molecular flexibility index (Phi) is 4.63. The minimum absolute atomic E-state index is 0.478. The Hall–Kier alpha value is -0.340. The number of alkyl halides is 1. The largest absolute Gasteiger partial charge is 0.122 e. The summed E-state index contributed by atoms with van der Waals surface area (Å²) >= 11 is 19.4. The van der Waals surface area contributed by atoms with Crippen LogP contribution in [0.5, 0.6) is 0 Å². The first-order valence-corrected chi connectivity index (χ1v) is 7.07. The van der Waals surface area contributed by atoms with E-state index >= 15 is 0 Å². The van der Waals surface area contributed by atoms with E-state index in [1.165, 1.54) is 0 Å². The van der Waals surface area contributed by atoms with Gasteiger partial charge in [-0.2, -0.15) is 0 Å². The van der Waals surface area contributed by atoms with Crippen molar-refractivity contribution in [1.29, 1.82) is 0 Å². The maximum Gasteiger partial charge on any atom is 0.0548 e. The Labute approximate surface area is 120 Å². The van der Waals surface area contributed by atoms with E-state index < -0.39 is 0 Å². The molecular weight excluding hydrogens is 295 g/mol. The van der Waals surface area contributed by atoms with Crippen LogP contribution >= 0.6 is 46.6 Å². The fourth-order valence-electron chi connectivity index (χ4n) is 1.34. The van der Waals surface area contributed by atoms with E-state index in [0.717, 1.165) is 25.4 Å². The Bertz CT molecular complexity index is 509. The summed E-state index contributed by atoms with van der Waals surface area (Å²) in [5.74, 6) is 0.478. The number of benzene rings is 2. The first-order chi connectivity index (χ1) is 8.19. The molecule has 0 bridgehead atoms. The Morgan fingerprint density at radius 1 is 0.941 bits per heavy atom. The van der Waals surface area contributed by atoms with E-state index in [1.54, 1.807) is 11.8 Å². The third-order valence-electron chi connectivity index (χ3n) is 2.19. The van der Waals surface area contributed by atoms with E-state index in [9.17, 15) is 0 Å². The van der Waals surface area contributed by atoms with Crippen LogP contribution < -0.4 is 0 Å². The van der Waals surface area contributed by atoms with Crippen LogP contribution in [0.4, 0.5) is 0 Å². The highest BCUT2D eigenvalue weighted by Crippen LogP contribution is 2.34. The van der Waals surface area contributed by atoms with Gasteiger partial charge in [0.05, 0.1) is 5.02 Å². The Morgan fingerprint density at radius 3 is 2.24 bits per heavy atom. The average molecular weight is 304 g/mol. The molecule has 0 radical (unpaired) electrons. The molecule has 0 unspecified atom stereocenters. The Morgan fingerprint density at radius 2 is 1.65 bits per heavy atom. The predicted octanol–water partition coefficient (Wildman–Crippen LogP) is 5.88. The van der Waals surface area contributed by atoms with Gasteiger partial charge in [0.2, 0.25) is 0 Å². The molecule has 0 heterocycles. The zero-order chi connectivity index (χ0) is 12.3. The van der Waals surface area contributed by atoms with E-state index in [4.69, 9.17) is 34.8 Å². The van der Waals surface area contributed by atoms with Gasteiger partial charge in [0, 0.05) is 20.7 Å². The molecule has 0 amide bonds. The van der Waals surface area contributed by atoms with Crippen LogP contribution in [0.3, 0.4) is 0 Å². The molecule has 2 aromatic rings. The van der Waals surface area contributed by atoms with Crippen LogP contribution in [-0.2, 0) is 5.88 Å². The molecule has 17 heavy (non-hydrogen) atoms. The minimum Gasteiger partial charge on any atom is -0.122 e. The molecule has 0 saturated carbocycles. The molecule has 4 heteroatoms. The lowest BCUT2D eigenvalue weighted by Gasteiger charge is -2.05. The average Bonchev–Trinajstić information content (AvgIpc) is 2.34. The van der Waals surface area contributed by atoms with Crippen molar-refractivity contribution in [3.05, 3.63) is 58.1 Å². The molecule has 0 aromatic heterocycles. The number of rotatable bonds is 3. The summed E-state index contributed by atoms with van der Waals surface area (Å²) in [7, 11) is 0. The molecule has 0 spiro atoms. The molecule has 0 aliphatic heterocycles. The maximum atomic E-state index is 6.18. The topological polar surface area (TPSA) is 0 Å². The molecule has 2 rings (SSSR count). The summed E-state index contributed by atoms with van der Waals surface area (Å²) in [6.45, 7) is 0. The van der Waals surface area contributed by atoms with Crippen LogP contribution in [0.2, 0.25) is 10.0 Å². The highest BCUT2D eigenvalue weighted by Gasteiger charge is 2.04. The molecule has 88 valence electrons. The fraction of sp³-hybridized carbons (Fsp3) is 0.0769. The summed E-state index contributed by atoms with van der Waals surface area (Å²) in [6.07, 6.45) is 0. The van der Waals surface area contributed by atoms with Crippen molar-refractivity contribution in [2.45, 2.75) is 15.7 Å². The quantitative estimate of drug-likeness (QED) is 0.638. The zero-order valence-electron chi connectivity index (χ0n) is 8.79. The molecule has 0 nitrogen and oxygen atoms in total. The van der Waals surface area contributed by atoms with Crippen molar-refractivity contribution in [3.63, 3.8) is 0 Å². The maximum absolute atomic E-state index is 6.18. The first kappa shape index (κ1) is 13.1. The van der Waals surface area contributed by atoms with Crippen LogP contribution in [-0.4, -0.2) is 0 Å². The fourth-order valence-corrected chi connectivity index (χ4v) is 2.77. The highest BCUT2D eigenvalue weighted by molar-refractivity contribution is 7.99. The van der Waals surface area contributed by atoms with Gasteiger partial charge in [-0.05, 0) is 42.0 Å². The molecule has 0 N–H and O–H groups in total. The van der Waals surface area contributed by atoms with Gasteiger partial charge in [0.15, 0.2) is 0 Å². The third-order valence-corrected chi connectivity index (χ3v) is 4.26. The van der Waals surface area contributed by atoms with Crippen LogP contribution in [0, 0.1) is 0 Å². The molecular formula is C13H9Cl3S. The van der Waals surface area contributed by atoms with Gasteiger partial charge in [-0.25, -0.2) is 0 Å². The number of hydrogen-bond donors (Lipinski definition) is 0. The lowest BCUT2D eigenvalue weighted by molar-refractivity contribution is 1.33. The monoisotopic (exact) mass is 302 g/mol. The van der Waals surface area contributed by atoms with Crippen molar-refractivity contribution < 1.29 is 0 Å². The van der Waals surface area contributed by atoms with Gasteiger partial charge in [0.25, 0.3) is 0 Å². The second-order valence-corrected chi connectivity index (χ2v) is 5.68. The third kappa shape index (κ3) is 3.56. The lowest BCUT2D eigenvalue weighted by atomic mass is 10.2. The SMILES string of the molecule is ClCc1ccc(Sc2ccc(Cl)cc2)c(Cl)c1. The molecule has 0 saturated heterocycles. The van der Waals surface area contributed by atoms with E-state index in [1.807, 2.05) is 42.5 Å². The predicted molar refractivity (Wildman–Crippen MR) is 76.6 cm³/mol. The highest BCUT2D eigenvalue weighted by atomic mass is 35.5. The summed E-state index contributed by atoms with van der Waals surface area (Å²) < 4.78 is 0. The molecule has 0 aliphatic rings. The summed E-state index contributed by atoms with van der Waals surface area (Å²) in [6, 6.07) is 13.5. The van der Waals surface area contributed by atoms with Gasteiger partial charge in [0.1, 0.15) is 0 Å². The Balaban J connectivity index is 2.21. The van der Waals surface area contributed by atoms with Gasteiger partial charge in [-0.15, -0.1) is 11.6 Å². The van der Waals surface area contributed by atoms with Crippen LogP contribution in [0.15, 0.2) is 52.3 Å². The van der Waals surface area contributed by atoms with Crippen molar-refractivity contribution in [1.82, 2.24) is 0 Å². The van der Waals surface area contributed by atoms with Crippen molar-refractivity contribution in [2.75, 3.05) is 0 Å². The number of halogens is 3. The molecule has 0 atom stereocenters. The minimum atomic E-state index is 0.478. The first-order valence-electron chi connectivity index (χ1n) is 4.97. The second kappa shape index (κ2) is 6.01. The second-order valence-electron chi connectivity index (χ2n) is 3.45.